The van der Waals surface area contributed by atoms with Crippen molar-refractivity contribution in [2.24, 2.45) is 0 Å². The van der Waals surface area contributed by atoms with Gasteiger partial charge in [0.25, 0.3) is 0 Å². The Bertz CT molecular complexity index is 777. The van der Waals surface area contributed by atoms with E-state index in [4.69, 9.17) is 11.6 Å². The third-order valence-electron chi connectivity index (χ3n) is 3.92. The van der Waals surface area contributed by atoms with Gasteiger partial charge in [-0.2, -0.15) is 5.10 Å². The molecule has 5 heteroatoms. The molecule has 0 spiro atoms. The van der Waals surface area contributed by atoms with Crippen LogP contribution in [0.2, 0.25) is 5.02 Å². The van der Waals surface area contributed by atoms with Crippen LogP contribution in [0.3, 0.4) is 0 Å². The molecule has 0 saturated heterocycles. The molecule has 0 bridgehead atoms. The van der Waals surface area contributed by atoms with Gasteiger partial charge >= 0.3 is 0 Å². The monoisotopic (exact) mass is 328 g/mol. The van der Waals surface area contributed by atoms with Crippen LogP contribution in [0.15, 0.2) is 42.7 Å². The van der Waals surface area contributed by atoms with Crippen LogP contribution < -0.4 is 5.32 Å². The molecule has 0 saturated carbocycles. The molecule has 0 radical (unpaired) electrons. The molecule has 0 aliphatic rings. The van der Waals surface area contributed by atoms with E-state index in [9.17, 15) is 0 Å². The number of benzene rings is 1. The first-order valence-electron chi connectivity index (χ1n) is 7.96. The molecule has 0 atom stereocenters. The molecular weight excluding hydrogens is 308 g/mol. The summed E-state index contributed by atoms with van der Waals surface area (Å²) in [5, 5.41) is 8.02. The van der Waals surface area contributed by atoms with Gasteiger partial charge in [-0.15, -0.1) is 0 Å². The zero-order valence-electron chi connectivity index (χ0n) is 13.5. The molecule has 2 aromatic heterocycles. The zero-order valence-corrected chi connectivity index (χ0v) is 14.2. The van der Waals surface area contributed by atoms with E-state index in [1.807, 2.05) is 12.3 Å². The number of hydrogen-bond acceptors (Lipinski definition) is 3. The first-order valence-corrected chi connectivity index (χ1v) is 8.34. The van der Waals surface area contributed by atoms with E-state index in [1.54, 1.807) is 10.7 Å². The quantitative estimate of drug-likeness (QED) is 0.675. The van der Waals surface area contributed by atoms with Crippen molar-refractivity contribution in [2.45, 2.75) is 32.6 Å². The van der Waals surface area contributed by atoms with E-state index >= 15 is 0 Å². The van der Waals surface area contributed by atoms with Crippen molar-refractivity contribution >= 4 is 23.1 Å². The number of rotatable bonds is 6. The maximum atomic E-state index is 6.05. The van der Waals surface area contributed by atoms with Gasteiger partial charge in [0.1, 0.15) is 10.8 Å². The van der Waals surface area contributed by atoms with Crippen LogP contribution in [-0.4, -0.2) is 21.1 Å². The number of halogens is 1. The molecule has 0 fully saturated rings. The molecule has 23 heavy (non-hydrogen) atoms. The summed E-state index contributed by atoms with van der Waals surface area (Å²) in [6, 6.07) is 10.8. The highest BCUT2D eigenvalue weighted by molar-refractivity contribution is 6.33. The number of nitrogens with one attached hydrogen (secondary N) is 1. The minimum Gasteiger partial charge on any atom is -0.370 e. The molecule has 1 aromatic carbocycles. The third-order valence-corrected chi connectivity index (χ3v) is 4.19. The summed E-state index contributed by atoms with van der Waals surface area (Å²) in [6.45, 7) is 5.31. The fourth-order valence-corrected chi connectivity index (χ4v) is 2.69. The van der Waals surface area contributed by atoms with E-state index in [-0.39, 0.29) is 0 Å². The molecule has 0 amide bonds. The summed E-state index contributed by atoms with van der Waals surface area (Å²) in [5.41, 5.74) is 3.45. The molecule has 2 heterocycles. The minimum absolute atomic E-state index is 0.568. The Labute approximate surface area is 141 Å². The standard InChI is InChI=1S/C18H21ClN4/c1-13(2)15-7-5-14(6-8-15)4-3-10-20-17-9-11-23-18(22-17)16(19)12-21-23/h5-9,11-13H,3-4,10H2,1-2H3,(H,20,22). The highest BCUT2D eigenvalue weighted by atomic mass is 35.5. The van der Waals surface area contributed by atoms with Crippen molar-refractivity contribution in [3.8, 4) is 0 Å². The number of hydrogen-bond donors (Lipinski definition) is 1. The van der Waals surface area contributed by atoms with Gasteiger partial charge in [-0.1, -0.05) is 49.7 Å². The third kappa shape index (κ3) is 3.82. The lowest BCUT2D eigenvalue weighted by molar-refractivity contribution is 0.844. The van der Waals surface area contributed by atoms with Gasteiger partial charge < -0.3 is 5.32 Å². The average Bonchev–Trinajstić information content (AvgIpc) is 2.93. The number of anilines is 1. The fourth-order valence-electron chi connectivity index (χ4n) is 2.52. The maximum absolute atomic E-state index is 6.05. The van der Waals surface area contributed by atoms with Crippen molar-refractivity contribution in [1.82, 2.24) is 14.6 Å². The largest absolute Gasteiger partial charge is 0.370 e. The Morgan fingerprint density at radius 3 is 2.70 bits per heavy atom. The van der Waals surface area contributed by atoms with Gasteiger partial charge in [-0.05, 0) is 36.0 Å². The fraction of sp³-hybridized carbons (Fsp3) is 0.333. The van der Waals surface area contributed by atoms with Gasteiger partial charge in [-0.3, -0.25) is 0 Å². The molecule has 0 unspecified atom stereocenters. The molecule has 120 valence electrons. The zero-order chi connectivity index (χ0) is 16.2. The van der Waals surface area contributed by atoms with Crippen LogP contribution in [0.25, 0.3) is 5.65 Å². The number of aryl methyl sites for hydroxylation is 1. The molecule has 3 aromatic rings. The summed E-state index contributed by atoms with van der Waals surface area (Å²) in [4.78, 5) is 4.47. The molecular formula is C18H21ClN4. The van der Waals surface area contributed by atoms with E-state index in [1.165, 1.54) is 11.1 Å². The summed E-state index contributed by atoms with van der Waals surface area (Å²) >= 11 is 6.05. The van der Waals surface area contributed by atoms with E-state index in [0.717, 1.165) is 25.2 Å². The second-order valence-electron chi connectivity index (χ2n) is 6.00. The first kappa shape index (κ1) is 15.8. The lowest BCUT2D eigenvalue weighted by Crippen LogP contribution is -2.05. The van der Waals surface area contributed by atoms with Crippen LogP contribution in [-0.2, 0) is 6.42 Å². The normalized spacial score (nSPS) is 11.3. The van der Waals surface area contributed by atoms with Crippen LogP contribution in [0.1, 0.15) is 37.3 Å². The average molecular weight is 329 g/mol. The Morgan fingerprint density at radius 2 is 1.96 bits per heavy atom. The van der Waals surface area contributed by atoms with Gasteiger partial charge in [-0.25, -0.2) is 9.50 Å². The van der Waals surface area contributed by atoms with Crippen molar-refractivity contribution in [2.75, 3.05) is 11.9 Å². The van der Waals surface area contributed by atoms with E-state index < -0.39 is 0 Å². The van der Waals surface area contributed by atoms with Crippen molar-refractivity contribution in [1.29, 1.82) is 0 Å². The smallest absolute Gasteiger partial charge is 0.175 e. The number of fused-ring (bicyclic) bond motifs is 1. The highest BCUT2D eigenvalue weighted by Crippen LogP contribution is 2.17. The molecule has 4 nitrogen and oxygen atoms in total. The van der Waals surface area contributed by atoms with Crippen LogP contribution in [0, 0.1) is 0 Å². The Kier molecular flexibility index (Phi) is 4.82. The van der Waals surface area contributed by atoms with Crippen molar-refractivity contribution < 1.29 is 0 Å². The maximum Gasteiger partial charge on any atom is 0.175 e. The summed E-state index contributed by atoms with van der Waals surface area (Å²) in [7, 11) is 0. The Hall–Kier alpha value is -2.07. The van der Waals surface area contributed by atoms with Crippen LogP contribution in [0.5, 0.6) is 0 Å². The topological polar surface area (TPSA) is 42.2 Å². The number of nitrogens with zero attached hydrogens (tertiary/aromatic N) is 3. The van der Waals surface area contributed by atoms with Gasteiger partial charge in [0.15, 0.2) is 5.65 Å². The van der Waals surface area contributed by atoms with E-state index in [0.29, 0.717) is 16.6 Å². The second-order valence-corrected chi connectivity index (χ2v) is 6.41. The van der Waals surface area contributed by atoms with Crippen LogP contribution >= 0.6 is 11.6 Å². The van der Waals surface area contributed by atoms with Crippen molar-refractivity contribution in [3.63, 3.8) is 0 Å². The predicted octanol–water partition coefficient (Wildman–Crippen LogP) is 4.55. The summed E-state index contributed by atoms with van der Waals surface area (Å²) in [5.74, 6) is 1.41. The lowest BCUT2D eigenvalue weighted by atomic mass is 10.0. The summed E-state index contributed by atoms with van der Waals surface area (Å²) in [6.07, 6.45) is 5.58. The molecule has 0 aliphatic heterocycles. The van der Waals surface area contributed by atoms with Crippen LogP contribution in [0.4, 0.5) is 5.82 Å². The van der Waals surface area contributed by atoms with E-state index in [2.05, 4.69) is 53.5 Å². The summed E-state index contributed by atoms with van der Waals surface area (Å²) < 4.78 is 1.67. The van der Waals surface area contributed by atoms with Gasteiger partial charge in [0.2, 0.25) is 0 Å². The molecule has 1 N–H and O–H groups in total. The highest BCUT2D eigenvalue weighted by Gasteiger charge is 2.04. The molecule has 0 aliphatic carbocycles. The van der Waals surface area contributed by atoms with Crippen molar-refractivity contribution in [3.05, 3.63) is 58.9 Å². The SMILES string of the molecule is CC(C)c1ccc(CCCNc2ccn3ncc(Cl)c3n2)cc1. The number of aromatic nitrogens is 3. The van der Waals surface area contributed by atoms with Gasteiger partial charge in [0.05, 0.1) is 6.20 Å². The molecule has 3 rings (SSSR count). The minimum atomic E-state index is 0.568. The first-order chi connectivity index (χ1) is 11.1. The Balaban J connectivity index is 1.51. The lowest BCUT2D eigenvalue weighted by Gasteiger charge is -2.08. The second kappa shape index (κ2) is 7.01. The predicted molar refractivity (Wildman–Crippen MR) is 95.3 cm³/mol. The van der Waals surface area contributed by atoms with Gasteiger partial charge in [0, 0.05) is 12.7 Å². The Morgan fingerprint density at radius 1 is 1.17 bits per heavy atom.